The molecule has 0 aromatic heterocycles. The third kappa shape index (κ3) is 3.11. The molecule has 0 aromatic rings. The smallest absolute Gasteiger partial charge is 0.00676 e. The normalized spacial score (nSPS) is 31.0. The molecular weight excluding hydrogens is 148 g/mol. The molecule has 0 saturated heterocycles. The first-order valence-corrected chi connectivity index (χ1v) is 5.10. The van der Waals surface area contributed by atoms with Crippen molar-refractivity contribution in [3.63, 3.8) is 0 Å². The Bertz CT molecular complexity index is 123. The number of hydrogen-bond donors (Lipinski definition) is 1. The SMILES string of the molecule is CN(C)CCC1CCCCC1N. The van der Waals surface area contributed by atoms with Gasteiger partial charge in [-0.3, -0.25) is 0 Å². The fraction of sp³-hybridized carbons (Fsp3) is 1.00. The van der Waals surface area contributed by atoms with E-state index in [1.165, 1.54) is 38.6 Å². The molecule has 1 saturated carbocycles. The highest BCUT2D eigenvalue weighted by molar-refractivity contribution is 4.78. The van der Waals surface area contributed by atoms with Crippen molar-refractivity contribution in [1.82, 2.24) is 4.90 Å². The fourth-order valence-electron chi connectivity index (χ4n) is 2.02. The van der Waals surface area contributed by atoms with E-state index in [-0.39, 0.29) is 0 Å². The summed E-state index contributed by atoms with van der Waals surface area (Å²) in [6.45, 7) is 1.19. The van der Waals surface area contributed by atoms with Gasteiger partial charge in [0.25, 0.3) is 0 Å². The van der Waals surface area contributed by atoms with Crippen molar-refractivity contribution in [3.8, 4) is 0 Å². The van der Waals surface area contributed by atoms with Gasteiger partial charge in [-0.2, -0.15) is 0 Å². The van der Waals surface area contributed by atoms with Crippen molar-refractivity contribution in [2.75, 3.05) is 20.6 Å². The molecule has 2 unspecified atom stereocenters. The van der Waals surface area contributed by atoms with Crippen LogP contribution in [0.15, 0.2) is 0 Å². The summed E-state index contributed by atoms with van der Waals surface area (Å²) >= 11 is 0. The number of nitrogens with two attached hydrogens (primary N) is 1. The second kappa shape index (κ2) is 4.83. The standard InChI is InChI=1S/C10H22N2/c1-12(2)8-7-9-5-3-4-6-10(9)11/h9-10H,3-8,11H2,1-2H3. The van der Waals surface area contributed by atoms with Crippen LogP contribution in [0.1, 0.15) is 32.1 Å². The van der Waals surface area contributed by atoms with Crippen LogP contribution in [-0.2, 0) is 0 Å². The molecule has 2 N–H and O–H groups in total. The predicted molar refractivity (Wildman–Crippen MR) is 53.1 cm³/mol. The largest absolute Gasteiger partial charge is 0.327 e. The molecule has 0 aromatic carbocycles. The Morgan fingerprint density at radius 1 is 1.25 bits per heavy atom. The van der Waals surface area contributed by atoms with Gasteiger partial charge in [-0.05, 0) is 45.8 Å². The van der Waals surface area contributed by atoms with Crippen LogP contribution in [0.3, 0.4) is 0 Å². The van der Waals surface area contributed by atoms with Crippen molar-refractivity contribution in [3.05, 3.63) is 0 Å². The third-order valence-corrected chi connectivity index (χ3v) is 2.91. The van der Waals surface area contributed by atoms with Crippen LogP contribution < -0.4 is 5.73 Å². The average molecular weight is 170 g/mol. The van der Waals surface area contributed by atoms with Crippen LogP contribution in [0.2, 0.25) is 0 Å². The lowest BCUT2D eigenvalue weighted by Gasteiger charge is -2.29. The summed E-state index contributed by atoms with van der Waals surface area (Å²) in [5.74, 6) is 0.793. The van der Waals surface area contributed by atoms with Gasteiger partial charge in [0.15, 0.2) is 0 Å². The van der Waals surface area contributed by atoms with E-state index in [0.29, 0.717) is 6.04 Å². The van der Waals surface area contributed by atoms with E-state index in [2.05, 4.69) is 19.0 Å². The molecule has 0 heterocycles. The fourth-order valence-corrected chi connectivity index (χ4v) is 2.02. The quantitative estimate of drug-likeness (QED) is 0.694. The first kappa shape index (κ1) is 10.0. The Labute approximate surface area is 76.1 Å². The topological polar surface area (TPSA) is 29.3 Å². The summed E-state index contributed by atoms with van der Waals surface area (Å²) in [6.07, 6.45) is 6.63. The molecule has 12 heavy (non-hydrogen) atoms. The lowest BCUT2D eigenvalue weighted by Crippen LogP contribution is -2.34. The van der Waals surface area contributed by atoms with Gasteiger partial charge in [0.1, 0.15) is 0 Å². The van der Waals surface area contributed by atoms with Gasteiger partial charge in [0.2, 0.25) is 0 Å². The zero-order valence-electron chi connectivity index (χ0n) is 8.42. The maximum Gasteiger partial charge on any atom is 0.00676 e. The molecule has 1 aliphatic rings. The minimum absolute atomic E-state index is 0.485. The van der Waals surface area contributed by atoms with E-state index < -0.39 is 0 Å². The molecular formula is C10H22N2. The summed E-state index contributed by atoms with van der Waals surface area (Å²) in [6, 6.07) is 0.485. The molecule has 0 amide bonds. The van der Waals surface area contributed by atoms with Crippen molar-refractivity contribution >= 4 is 0 Å². The van der Waals surface area contributed by atoms with E-state index in [1.807, 2.05) is 0 Å². The highest BCUT2D eigenvalue weighted by Crippen LogP contribution is 2.25. The molecule has 2 nitrogen and oxygen atoms in total. The van der Waals surface area contributed by atoms with Crippen LogP contribution in [0.25, 0.3) is 0 Å². The minimum Gasteiger partial charge on any atom is -0.327 e. The van der Waals surface area contributed by atoms with Gasteiger partial charge < -0.3 is 10.6 Å². The van der Waals surface area contributed by atoms with Crippen molar-refractivity contribution < 1.29 is 0 Å². The van der Waals surface area contributed by atoms with E-state index in [0.717, 1.165) is 5.92 Å². The maximum absolute atomic E-state index is 6.05. The molecule has 0 spiro atoms. The number of nitrogens with zero attached hydrogens (tertiary/aromatic N) is 1. The molecule has 2 atom stereocenters. The number of hydrogen-bond acceptors (Lipinski definition) is 2. The highest BCUT2D eigenvalue weighted by Gasteiger charge is 2.20. The molecule has 1 aliphatic carbocycles. The van der Waals surface area contributed by atoms with Gasteiger partial charge in [0.05, 0.1) is 0 Å². The molecule has 2 heteroatoms. The summed E-state index contributed by atoms with van der Waals surface area (Å²) in [5, 5.41) is 0. The molecule has 0 radical (unpaired) electrons. The highest BCUT2D eigenvalue weighted by atomic mass is 15.0. The maximum atomic E-state index is 6.05. The Morgan fingerprint density at radius 2 is 1.92 bits per heavy atom. The number of rotatable bonds is 3. The average Bonchev–Trinajstić information content (AvgIpc) is 2.03. The Kier molecular flexibility index (Phi) is 4.02. The third-order valence-electron chi connectivity index (χ3n) is 2.91. The van der Waals surface area contributed by atoms with E-state index >= 15 is 0 Å². The predicted octanol–water partition coefficient (Wildman–Crippen LogP) is 1.46. The van der Waals surface area contributed by atoms with Gasteiger partial charge in [-0.1, -0.05) is 12.8 Å². The van der Waals surface area contributed by atoms with Crippen LogP contribution in [0.4, 0.5) is 0 Å². The van der Waals surface area contributed by atoms with Crippen LogP contribution in [0.5, 0.6) is 0 Å². The van der Waals surface area contributed by atoms with Gasteiger partial charge in [0, 0.05) is 6.04 Å². The Hall–Kier alpha value is -0.0800. The van der Waals surface area contributed by atoms with Gasteiger partial charge in [-0.25, -0.2) is 0 Å². The molecule has 1 rings (SSSR count). The lowest BCUT2D eigenvalue weighted by molar-refractivity contribution is 0.259. The summed E-state index contributed by atoms with van der Waals surface area (Å²) in [4.78, 5) is 2.25. The van der Waals surface area contributed by atoms with Gasteiger partial charge >= 0.3 is 0 Å². The van der Waals surface area contributed by atoms with Crippen LogP contribution in [-0.4, -0.2) is 31.6 Å². The molecule has 0 aliphatic heterocycles. The van der Waals surface area contributed by atoms with Crippen LogP contribution in [0, 0.1) is 5.92 Å². The van der Waals surface area contributed by atoms with E-state index in [4.69, 9.17) is 5.73 Å². The second-order valence-electron chi connectivity index (χ2n) is 4.30. The van der Waals surface area contributed by atoms with Crippen molar-refractivity contribution in [2.24, 2.45) is 11.7 Å². The first-order valence-electron chi connectivity index (χ1n) is 5.10. The van der Waals surface area contributed by atoms with Crippen molar-refractivity contribution in [1.29, 1.82) is 0 Å². The van der Waals surface area contributed by atoms with Crippen LogP contribution >= 0.6 is 0 Å². The zero-order chi connectivity index (χ0) is 8.97. The lowest BCUT2D eigenvalue weighted by atomic mass is 9.83. The molecule has 72 valence electrons. The Balaban J connectivity index is 2.20. The van der Waals surface area contributed by atoms with Gasteiger partial charge in [-0.15, -0.1) is 0 Å². The first-order chi connectivity index (χ1) is 5.70. The summed E-state index contributed by atoms with van der Waals surface area (Å²) < 4.78 is 0. The Morgan fingerprint density at radius 3 is 2.50 bits per heavy atom. The molecule has 0 bridgehead atoms. The molecule has 1 fully saturated rings. The van der Waals surface area contributed by atoms with E-state index in [9.17, 15) is 0 Å². The van der Waals surface area contributed by atoms with E-state index in [1.54, 1.807) is 0 Å². The zero-order valence-corrected chi connectivity index (χ0v) is 8.42. The minimum atomic E-state index is 0.485. The monoisotopic (exact) mass is 170 g/mol. The second-order valence-corrected chi connectivity index (χ2v) is 4.30. The summed E-state index contributed by atoms with van der Waals surface area (Å²) in [5.41, 5.74) is 6.05. The summed E-state index contributed by atoms with van der Waals surface area (Å²) in [7, 11) is 4.27. The van der Waals surface area contributed by atoms with Crippen molar-refractivity contribution in [2.45, 2.75) is 38.1 Å².